The molecule has 1 aliphatic carbocycles. The minimum atomic E-state index is -0.666. The van der Waals surface area contributed by atoms with Gasteiger partial charge in [0.25, 0.3) is 0 Å². The van der Waals surface area contributed by atoms with Crippen LogP contribution in [0.4, 0.5) is 8.78 Å². The van der Waals surface area contributed by atoms with Gasteiger partial charge < -0.3 is 0 Å². The minimum Gasteiger partial charge on any atom is -0.203 e. The molecule has 2 heteroatoms. The average Bonchev–Trinajstić information content (AvgIpc) is 2.67. The maximum Gasteiger partial charge on any atom is 0.166 e. The highest BCUT2D eigenvalue weighted by atomic mass is 19.2. The SMILES string of the molecule is CCCCCC1CCC(c2ccc3cc(CCC)c(F)c(F)c3c2)CC1. The molecule has 26 heavy (non-hydrogen) atoms. The second-order valence-electron chi connectivity index (χ2n) is 8.11. The number of rotatable bonds is 7. The van der Waals surface area contributed by atoms with E-state index < -0.39 is 11.6 Å². The Kier molecular flexibility index (Phi) is 6.67. The highest BCUT2D eigenvalue weighted by Crippen LogP contribution is 2.39. The first-order valence-corrected chi connectivity index (χ1v) is 10.5. The molecule has 0 radical (unpaired) electrons. The van der Waals surface area contributed by atoms with E-state index in [2.05, 4.69) is 13.0 Å². The molecule has 1 saturated carbocycles. The van der Waals surface area contributed by atoms with Crippen LogP contribution < -0.4 is 0 Å². The fourth-order valence-electron chi connectivity index (χ4n) is 4.57. The molecule has 1 fully saturated rings. The molecule has 0 unspecified atom stereocenters. The summed E-state index contributed by atoms with van der Waals surface area (Å²) >= 11 is 0. The van der Waals surface area contributed by atoms with Crippen LogP contribution >= 0.6 is 0 Å². The van der Waals surface area contributed by atoms with Crippen LogP contribution in [-0.2, 0) is 6.42 Å². The van der Waals surface area contributed by atoms with Crippen molar-refractivity contribution in [2.24, 2.45) is 5.92 Å². The van der Waals surface area contributed by atoms with Gasteiger partial charge in [0.1, 0.15) is 0 Å². The Balaban J connectivity index is 1.74. The van der Waals surface area contributed by atoms with E-state index in [9.17, 15) is 8.78 Å². The third-order valence-corrected chi connectivity index (χ3v) is 6.17. The van der Waals surface area contributed by atoms with E-state index in [4.69, 9.17) is 0 Å². The smallest absolute Gasteiger partial charge is 0.166 e. The minimum absolute atomic E-state index is 0.449. The second kappa shape index (κ2) is 8.97. The lowest BCUT2D eigenvalue weighted by atomic mass is 9.76. The quantitative estimate of drug-likeness (QED) is 0.441. The summed E-state index contributed by atoms with van der Waals surface area (Å²) in [5.41, 5.74) is 1.68. The van der Waals surface area contributed by atoms with Gasteiger partial charge >= 0.3 is 0 Å². The van der Waals surface area contributed by atoms with Crippen molar-refractivity contribution in [1.82, 2.24) is 0 Å². The summed E-state index contributed by atoms with van der Waals surface area (Å²) in [5.74, 6) is 0.0424. The Morgan fingerprint density at radius 1 is 0.885 bits per heavy atom. The topological polar surface area (TPSA) is 0 Å². The standard InChI is InChI=1S/C24H32F2/c1-3-5-6-8-17-9-11-18(12-10-17)19-13-14-20-15-21(7-4-2)23(25)24(26)22(20)16-19/h13-18H,3-12H2,1-2H3. The number of aryl methyl sites for hydroxylation is 1. The van der Waals surface area contributed by atoms with E-state index in [1.807, 2.05) is 25.1 Å². The van der Waals surface area contributed by atoms with Gasteiger partial charge in [-0.2, -0.15) is 0 Å². The van der Waals surface area contributed by atoms with Gasteiger partial charge in [0, 0.05) is 5.39 Å². The first-order valence-electron chi connectivity index (χ1n) is 10.5. The van der Waals surface area contributed by atoms with Gasteiger partial charge in [0.05, 0.1) is 0 Å². The van der Waals surface area contributed by atoms with E-state index in [0.29, 0.717) is 23.3 Å². The Morgan fingerprint density at radius 2 is 1.65 bits per heavy atom. The predicted molar refractivity (Wildman–Crippen MR) is 107 cm³/mol. The van der Waals surface area contributed by atoms with E-state index in [1.54, 1.807) is 0 Å². The lowest BCUT2D eigenvalue weighted by Crippen LogP contribution is -2.13. The molecule has 0 bridgehead atoms. The first-order chi connectivity index (χ1) is 12.6. The number of fused-ring (bicyclic) bond motifs is 1. The summed E-state index contributed by atoms with van der Waals surface area (Å²) < 4.78 is 28.9. The van der Waals surface area contributed by atoms with Crippen LogP contribution in [0.3, 0.4) is 0 Å². The van der Waals surface area contributed by atoms with Crippen LogP contribution in [0.15, 0.2) is 24.3 Å². The molecule has 0 heterocycles. The third-order valence-electron chi connectivity index (χ3n) is 6.17. The molecule has 0 amide bonds. The lowest BCUT2D eigenvalue weighted by Gasteiger charge is -2.29. The molecule has 0 aromatic heterocycles. The third kappa shape index (κ3) is 4.27. The van der Waals surface area contributed by atoms with Crippen LogP contribution in [0.5, 0.6) is 0 Å². The van der Waals surface area contributed by atoms with Crippen molar-refractivity contribution in [3.63, 3.8) is 0 Å². The average molecular weight is 359 g/mol. The van der Waals surface area contributed by atoms with Gasteiger partial charge in [-0.05, 0) is 72.6 Å². The number of benzene rings is 2. The number of hydrogen-bond acceptors (Lipinski definition) is 0. The zero-order valence-electron chi connectivity index (χ0n) is 16.3. The number of halogens is 2. The monoisotopic (exact) mass is 358 g/mol. The van der Waals surface area contributed by atoms with Gasteiger partial charge in [-0.3, -0.25) is 0 Å². The molecule has 0 nitrogen and oxygen atoms in total. The molecule has 0 atom stereocenters. The zero-order valence-corrected chi connectivity index (χ0v) is 16.3. The van der Waals surface area contributed by atoms with Gasteiger partial charge in [-0.25, -0.2) is 8.78 Å². The van der Waals surface area contributed by atoms with E-state index in [0.717, 1.165) is 17.7 Å². The summed E-state index contributed by atoms with van der Waals surface area (Å²) in [6.07, 6.45) is 11.7. The summed E-state index contributed by atoms with van der Waals surface area (Å²) in [7, 11) is 0. The molecule has 1 aliphatic rings. The maximum atomic E-state index is 14.6. The van der Waals surface area contributed by atoms with Crippen molar-refractivity contribution < 1.29 is 8.78 Å². The van der Waals surface area contributed by atoms with Crippen molar-refractivity contribution in [1.29, 1.82) is 0 Å². The van der Waals surface area contributed by atoms with Crippen LogP contribution in [0.2, 0.25) is 0 Å². The largest absolute Gasteiger partial charge is 0.203 e. The number of hydrogen-bond donors (Lipinski definition) is 0. The summed E-state index contributed by atoms with van der Waals surface area (Å²) in [6, 6.07) is 7.86. The Bertz CT molecular complexity index is 727. The molecule has 0 N–H and O–H groups in total. The van der Waals surface area contributed by atoms with Crippen molar-refractivity contribution in [2.75, 3.05) is 0 Å². The van der Waals surface area contributed by atoms with Crippen LogP contribution in [0, 0.1) is 17.6 Å². The molecular weight excluding hydrogens is 326 g/mol. The van der Waals surface area contributed by atoms with Gasteiger partial charge in [0.15, 0.2) is 11.6 Å². The molecular formula is C24H32F2. The zero-order chi connectivity index (χ0) is 18.5. The molecule has 0 aliphatic heterocycles. The van der Waals surface area contributed by atoms with E-state index in [1.165, 1.54) is 56.9 Å². The Hall–Kier alpha value is -1.44. The Labute approximate surface area is 157 Å². The van der Waals surface area contributed by atoms with E-state index in [-0.39, 0.29) is 0 Å². The second-order valence-corrected chi connectivity index (χ2v) is 8.11. The fraction of sp³-hybridized carbons (Fsp3) is 0.583. The molecule has 3 rings (SSSR count). The predicted octanol–water partition coefficient (Wildman–Crippen LogP) is 7.92. The molecule has 0 spiro atoms. The van der Waals surface area contributed by atoms with E-state index >= 15 is 0 Å². The molecule has 2 aromatic carbocycles. The van der Waals surface area contributed by atoms with Crippen molar-refractivity contribution >= 4 is 10.8 Å². The van der Waals surface area contributed by atoms with Crippen molar-refractivity contribution in [3.05, 3.63) is 47.0 Å². The van der Waals surface area contributed by atoms with Crippen LogP contribution in [0.1, 0.15) is 88.7 Å². The van der Waals surface area contributed by atoms with Gasteiger partial charge in [-0.15, -0.1) is 0 Å². The molecule has 142 valence electrons. The Morgan fingerprint density at radius 3 is 2.35 bits per heavy atom. The fourth-order valence-corrected chi connectivity index (χ4v) is 4.57. The van der Waals surface area contributed by atoms with Crippen LogP contribution in [-0.4, -0.2) is 0 Å². The van der Waals surface area contributed by atoms with Gasteiger partial charge in [-0.1, -0.05) is 58.1 Å². The first kappa shape index (κ1) is 19.3. The summed E-state index contributed by atoms with van der Waals surface area (Å²) in [4.78, 5) is 0. The summed E-state index contributed by atoms with van der Waals surface area (Å²) in [5, 5.41) is 1.27. The van der Waals surface area contributed by atoms with Crippen molar-refractivity contribution in [2.45, 2.75) is 84.0 Å². The summed E-state index contributed by atoms with van der Waals surface area (Å²) in [6.45, 7) is 4.24. The molecule has 2 aromatic rings. The molecule has 0 saturated heterocycles. The number of unbranched alkanes of at least 4 members (excludes halogenated alkanes) is 2. The highest BCUT2D eigenvalue weighted by molar-refractivity contribution is 5.84. The van der Waals surface area contributed by atoms with Gasteiger partial charge in [0.2, 0.25) is 0 Å². The normalized spacial score (nSPS) is 20.6. The van der Waals surface area contributed by atoms with Crippen molar-refractivity contribution in [3.8, 4) is 0 Å². The lowest BCUT2D eigenvalue weighted by molar-refractivity contribution is 0.303. The van der Waals surface area contributed by atoms with Crippen LogP contribution in [0.25, 0.3) is 10.8 Å². The maximum absolute atomic E-state index is 14.6. The highest BCUT2D eigenvalue weighted by Gasteiger charge is 2.23.